The van der Waals surface area contributed by atoms with Crippen molar-refractivity contribution in [1.29, 1.82) is 0 Å². The summed E-state index contributed by atoms with van der Waals surface area (Å²) < 4.78 is 16.7. The van der Waals surface area contributed by atoms with Crippen molar-refractivity contribution in [3.8, 4) is 17.0 Å². The number of aromatic nitrogens is 3. The van der Waals surface area contributed by atoms with E-state index in [9.17, 15) is 9.59 Å². The predicted octanol–water partition coefficient (Wildman–Crippen LogP) is 3.63. The summed E-state index contributed by atoms with van der Waals surface area (Å²) in [6.07, 6.45) is -0.366. The van der Waals surface area contributed by atoms with Crippen LogP contribution in [0.1, 0.15) is 30.5 Å². The molecule has 0 amide bonds. The topological polar surface area (TPSA) is 67.4 Å². The molecule has 1 aliphatic rings. The lowest BCUT2D eigenvalue weighted by atomic mass is 10.0. The van der Waals surface area contributed by atoms with E-state index in [0.717, 1.165) is 27.6 Å². The van der Waals surface area contributed by atoms with Crippen LogP contribution < -0.4 is 16.0 Å². The van der Waals surface area contributed by atoms with Crippen molar-refractivity contribution in [2.75, 3.05) is 13.7 Å². The Hall–Kier alpha value is -3.10. The van der Waals surface area contributed by atoms with Gasteiger partial charge in [0.2, 0.25) is 0 Å². The van der Waals surface area contributed by atoms with Crippen LogP contribution in [-0.2, 0) is 24.4 Å². The average molecular weight is 452 g/mol. The lowest BCUT2D eigenvalue weighted by Crippen LogP contribution is -2.40. The highest BCUT2D eigenvalue weighted by atomic mass is 32.1. The summed E-state index contributed by atoms with van der Waals surface area (Å²) in [6, 6.07) is 11.7. The number of hydrogen-bond acceptors (Lipinski definition) is 5. The number of benzene rings is 1. The maximum Gasteiger partial charge on any atom is 0.331 e. The highest BCUT2D eigenvalue weighted by Gasteiger charge is 2.40. The molecule has 0 aliphatic carbocycles. The molecule has 4 aromatic rings. The number of hydrogen-bond donors (Lipinski definition) is 0. The van der Waals surface area contributed by atoms with E-state index < -0.39 is 5.54 Å². The van der Waals surface area contributed by atoms with Gasteiger partial charge in [0.05, 0.1) is 41.5 Å². The Kier molecular flexibility index (Phi) is 4.69. The molecule has 32 heavy (non-hydrogen) atoms. The normalized spacial score (nSPS) is 17.5. The quantitative estimate of drug-likeness (QED) is 0.477. The summed E-state index contributed by atoms with van der Waals surface area (Å²) in [5, 5.41) is 2.53. The maximum atomic E-state index is 13.5. The first-order chi connectivity index (χ1) is 15.3. The van der Waals surface area contributed by atoms with Gasteiger partial charge in [-0.15, -0.1) is 11.3 Å². The van der Waals surface area contributed by atoms with Gasteiger partial charge in [-0.1, -0.05) is 6.07 Å². The minimum Gasteiger partial charge on any atom is -0.497 e. The van der Waals surface area contributed by atoms with Gasteiger partial charge in [0.25, 0.3) is 5.56 Å². The van der Waals surface area contributed by atoms with Crippen LogP contribution in [0.2, 0.25) is 0 Å². The third kappa shape index (κ3) is 2.83. The molecule has 0 spiro atoms. The van der Waals surface area contributed by atoms with E-state index in [1.165, 1.54) is 11.6 Å². The Labute approximate surface area is 189 Å². The van der Waals surface area contributed by atoms with Crippen LogP contribution in [0.4, 0.5) is 0 Å². The van der Waals surface area contributed by atoms with Gasteiger partial charge in [-0.25, -0.2) is 4.79 Å². The number of fused-ring (bicyclic) bond motifs is 3. The van der Waals surface area contributed by atoms with Crippen LogP contribution in [0, 0.1) is 0 Å². The van der Waals surface area contributed by atoms with Crippen molar-refractivity contribution >= 4 is 22.2 Å². The first-order valence-corrected chi connectivity index (χ1v) is 11.3. The molecule has 8 heteroatoms. The molecule has 1 aromatic carbocycles. The van der Waals surface area contributed by atoms with Crippen molar-refractivity contribution in [3.63, 3.8) is 0 Å². The Morgan fingerprint density at radius 2 is 1.81 bits per heavy atom. The van der Waals surface area contributed by atoms with E-state index in [4.69, 9.17) is 9.47 Å². The highest BCUT2D eigenvalue weighted by molar-refractivity contribution is 7.10. The van der Waals surface area contributed by atoms with Gasteiger partial charge in [-0.05, 0) is 55.1 Å². The van der Waals surface area contributed by atoms with Crippen molar-refractivity contribution in [2.24, 2.45) is 14.1 Å². The van der Waals surface area contributed by atoms with Crippen LogP contribution in [0.15, 0.2) is 51.4 Å². The third-order valence-corrected chi connectivity index (χ3v) is 7.15. The monoisotopic (exact) mass is 451 g/mol. The summed E-state index contributed by atoms with van der Waals surface area (Å²) in [6.45, 7) is 4.66. The zero-order valence-corrected chi connectivity index (χ0v) is 19.5. The lowest BCUT2D eigenvalue weighted by molar-refractivity contribution is -0.00545. The minimum absolute atomic E-state index is 0.309. The van der Waals surface area contributed by atoms with Crippen LogP contribution in [0.3, 0.4) is 0 Å². The Morgan fingerprint density at radius 1 is 1.09 bits per heavy atom. The van der Waals surface area contributed by atoms with E-state index in [-0.39, 0.29) is 17.4 Å². The molecule has 0 N–H and O–H groups in total. The molecule has 0 radical (unpaired) electrons. The second kappa shape index (κ2) is 7.21. The van der Waals surface area contributed by atoms with E-state index >= 15 is 0 Å². The molecule has 0 bridgehead atoms. The van der Waals surface area contributed by atoms with Gasteiger partial charge in [0.15, 0.2) is 0 Å². The zero-order chi connectivity index (χ0) is 22.8. The van der Waals surface area contributed by atoms with Gasteiger partial charge in [-0.3, -0.25) is 13.9 Å². The van der Waals surface area contributed by atoms with Gasteiger partial charge in [0, 0.05) is 19.0 Å². The number of aryl methyl sites for hydroxylation is 1. The molecular weight excluding hydrogens is 426 g/mol. The number of ether oxygens (including phenoxy) is 2. The Bertz CT molecular complexity index is 1440. The molecule has 0 fully saturated rings. The number of methoxy groups -OCH3 is 1. The Balaban J connectivity index is 2.00. The van der Waals surface area contributed by atoms with Crippen molar-refractivity contribution < 1.29 is 9.47 Å². The molecule has 0 saturated carbocycles. The fourth-order valence-electron chi connectivity index (χ4n) is 4.68. The van der Waals surface area contributed by atoms with Crippen LogP contribution in [-0.4, -0.2) is 27.4 Å². The van der Waals surface area contributed by atoms with Gasteiger partial charge in [-0.2, -0.15) is 0 Å². The molecule has 166 valence electrons. The van der Waals surface area contributed by atoms with Crippen molar-refractivity contribution in [1.82, 2.24) is 13.7 Å². The minimum atomic E-state index is -0.432. The first kappa shape index (κ1) is 20.8. The van der Waals surface area contributed by atoms with E-state index in [1.807, 2.05) is 41.8 Å². The fourth-order valence-corrected chi connectivity index (χ4v) is 5.45. The molecule has 1 atom stereocenters. The predicted molar refractivity (Wildman–Crippen MR) is 126 cm³/mol. The summed E-state index contributed by atoms with van der Waals surface area (Å²) in [5.74, 6) is 0.739. The van der Waals surface area contributed by atoms with Gasteiger partial charge in [0.1, 0.15) is 11.9 Å². The lowest BCUT2D eigenvalue weighted by Gasteiger charge is -2.39. The summed E-state index contributed by atoms with van der Waals surface area (Å²) >= 11 is 1.60. The average Bonchev–Trinajstić information content (AvgIpc) is 3.44. The third-order valence-electron chi connectivity index (χ3n) is 6.23. The van der Waals surface area contributed by atoms with Crippen molar-refractivity contribution in [3.05, 3.63) is 73.2 Å². The first-order valence-electron chi connectivity index (χ1n) is 10.4. The number of nitrogens with zero attached hydrogens (tertiary/aromatic N) is 3. The molecule has 1 aliphatic heterocycles. The zero-order valence-electron chi connectivity index (χ0n) is 18.7. The summed E-state index contributed by atoms with van der Waals surface area (Å²) in [4.78, 5) is 27.5. The number of thiophene rings is 1. The summed E-state index contributed by atoms with van der Waals surface area (Å²) in [5.41, 5.74) is 2.04. The fraction of sp³-hybridized carbons (Fsp3) is 0.333. The standard InChI is InChI=1S/C24H25N3O4S/c1-24(2)13-31-21(16-7-6-12-32-16)20-19-17(22(28)26(4)23(29)25(19)3)18(27(20)24)14-8-10-15(30-5)11-9-14/h6-12,21H,13H2,1-5H3/t21-/m1/s1. The van der Waals surface area contributed by atoms with E-state index in [2.05, 4.69) is 18.4 Å². The molecule has 4 heterocycles. The maximum absolute atomic E-state index is 13.5. The molecular formula is C24H25N3O4S. The second-order valence-electron chi connectivity index (χ2n) is 8.75. The number of rotatable bonds is 3. The SMILES string of the molecule is COc1ccc(-c2c3c(=O)n(C)c(=O)n(C)c3c3n2C(C)(C)CO[C@@H]3c2cccs2)cc1. The second-order valence-corrected chi connectivity index (χ2v) is 9.73. The van der Waals surface area contributed by atoms with Crippen LogP contribution >= 0.6 is 11.3 Å². The molecule has 3 aromatic heterocycles. The summed E-state index contributed by atoms with van der Waals surface area (Å²) in [7, 11) is 4.87. The molecule has 0 saturated heterocycles. The van der Waals surface area contributed by atoms with Gasteiger partial charge >= 0.3 is 5.69 Å². The highest BCUT2D eigenvalue weighted by Crippen LogP contribution is 2.46. The van der Waals surface area contributed by atoms with Crippen molar-refractivity contribution in [2.45, 2.75) is 25.5 Å². The van der Waals surface area contributed by atoms with Gasteiger partial charge < -0.3 is 14.0 Å². The largest absolute Gasteiger partial charge is 0.497 e. The van der Waals surface area contributed by atoms with Crippen LogP contribution in [0.5, 0.6) is 5.75 Å². The van der Waals surface area contributed by atoms with E-state index in [0.29, 0.717) is 17.5 Å². The molecule has 0 unspecified atom stereocenters. The Morgan fingerprint density at radius 3 is 2.44 bits per heavy atom. The molecule has 5 rings (SSSR count). The van der Waals surface area contributed by atoms with E-state index in [1.54, 1.807) is 30.1 Å². The van der Waals surface area contributed by atoms with Crippen LogP contribution in [0.25, 0.3) is 22.2 Å². The molecule has 7 nitrogen and oxygen atoms in total. The smallest absolute Gasteiger partial charge is 0.331 e.